The van der Waals surface area contributed by atoms with Gasteiger partial charge in [-0.15, -0.1) is 0 Å². The van der Waals surface area contributed by atoms with Crippen molar-refractivity contribution in [3.05, 3.63) is 18.5 Å². The Bertz CT molecular complexity index is 343. The lowest BCUT2D eigenvalue weighted by Gasteiger charge is -2.11. The quantitative estimate of drug-likeness (QED) is 0.474. The van der Waals surface area contributed by atoms with Crippen molar-refractivity contribution in [1.82, 2.24) is 20.4 Å². The van der Waals surface area contributed by atoms with Crippen molar-refractivity contribution < 1.29 is 14.6 Å². The molecule has 1 unspecified atom stereocenters. The minimum absolute atomic E-state index is 0.0221. The van der Waals surface area contributed by atoms with Gasteiger partial charge in [0.1, 0.15) is 0 Å². The molecule has 19 heavy (non-hydrogen) atoms. The molecule has 0 spiro atoms. The summed E-state index contributed by atoms with van der Waals surface area (Å²) in [7, 11) is 1.59. The van der Waals surface area contributed by atoms with Crippen LogP contribution < -0.4 is 10.6 Å². The lowest BCUT2D eigenvalue weighted by atomic mass is 10.3. The largest absolute Gasteiger partial charge is 0.390 e. The van der Waals surface area contributed by atoms with Gasteiger partial charge in [-0.05, 0) is 6.07 Å². The van der Waals surface area contributed by atoms with Crippen LogP contribution in [0.15, 0.2) is 18.5 Å². The lowest BCUT2D eigenvalue weighted by molar-refractivity contribution is -0.121. The number of aliphatic hydroxyl groups is 1. The minimum Gasteiger partial charge on any atom is -0.390 e. The molecule has 108 valence electrons. The zero-order valence-corrected chi connectivity index (χ0v) is 11.2. The molecule has 0 aliphatic carbocycles. The summed E-state index contributed by atoms with van der Waals surface area (Å²) in [6.07, 6.45) is 3.34. The zero-order valence-electron chi connectivity index (χ0n) is 11.2. The van der Waals surface area contributed by atoms with E-state index < -0.39 is 6.10 Å². The predicted molar refractivity (Wildman–Crippen MR) is 70.6 cm³/mol. The van der Waals surface area contributed by atoms with Crippen LogP contribution in [0.2, 0.25) is 0 Å². The van der Waals surface area contributed by atoms with E-state index in [4.69, 9.17) is 4.74 Å². The SMILES string of the molecule is COCCNC(=O)CCNCC(O)Cn1cccn1. The van der Waals surface area contributed by atoms with Crippen molar-refractivity contribution in [2.24, 2.45) is 0 Å². The highest BCUT2D eigenvalue weighted by Gasteiger charge is 2.05. The summed E-state index contributed by atoms with van der Waals surface area (Å²) in [5, 5.41) is 19.5. The van der Waals surface area contributed by atoms with Crippen LogP contribution in [-0.2, 0) is 16.1 Å². The van der Waals surface area contributed by atoms with Gasteiger partial charge in [-0.2, -0.15) is 5.10 Å². The van der Waals surface area contributed by atoms with Gasteiger partial charge < -0.3 is 20.5 Å². The Morgan fingerprint density at radius 1 is 1.53 bits per heavy atom. The molecular formula is C12H22N4O3. The van der Waals surface area contributed by atoms with E-state index in [-0.39, 0.29) is 5.91 Å². The topological polar surface area (TPSA) is 88.4 Å². The van der Waals surface area contributed by atoms with Crippen molar-refractivity contribution in [2.45, 2.75) is 19.1 Å². The number of rotatable bonds is 10. The fraction of sp³-hybridized carbons (Fsp3) is 0.667. The summed E-state index contributed by atoms with van der Waals surface area (Å²) in [6, 6.07) is 1.81. The van der Waals surface area contributed by atoms with Crippen molar-refractivity contribution >= 4 is 5.91 Å². The second-order valence-corrected chi connectivity index (χ2v) is 4.18. The van der Waals surface area contributed by atoms with Gasteiger partial charge in [0.2, 0.25) is 5.91 Å². The molecule has 1 rings (SSSR count). The van der Waals surface area contributed by atoms with Crippen LogP contribution in [0.1, 0.15) is 6.42 Å². The molecule has 3 N–H and O–H groups in total. The number of nitrogens with zero attached hydrogens (tertiary/aromatic N) is 2. The van der Waals surface area contributed by atoms with E-state index in [2.05, 4.69) is 15.7 Å². The summed E-state index contributed by atoms with van der Waals surface area (Å²) < 4.78 is 6.50. The highest BCUT2D eigenvalue weighted by molar-refractivity contribution is 5.75. The van der Waals surface area contributed by atoms with Crippen molar-refractivity contribution in [3.8, 4) is 0 Å². The maximum absolute atomic E-state index is 11.3. The molecule has 7 nitrogen and oxygen atoms in total. The van der Waals surface area contributed by atoms with Gasteiger partial charge in [0.25, 0.3) is 0 Å². The molecule has 0 saturated carbocycles. The Morgan fingerprint density at radius 2 is 2.37 bits per heavy atom. The first-order valence-electron chi connectivity index (χ1n) is 6.34. The third kappa shape index (κ3) is 7.55. The Balaban J connectivity index is 1.99. The summed E-state index contributed by atoms with van der Waals surface area (Å²) in [4.78, 5) is 11.3. The van der Waals surface area contributed by atoms with E-state index in [0.29, 0.717) is 39.2 Å². The average Bonchev–Trinajstić information content (AvgIpc) is 2.88. The van der Waals surface area contributed by atoms with Crippen molar-refractivity contribution in [1.29, 1.82) is 0 Å². The summed E-state index contributed by atoms with van der Waals surface area (Å²) in [5.41, 5.74) is 0. The van der Waals surface area contributed by atoms with Gasteiger partial charge in [0.05, 0.1) is 19.3 Å². The van der Waals surface area contributed by atoms with Gasteiger partial charge in [0.15, 0.2) is 0 Å². The molecule has 1 amide bonds. The van der Waals surface area contributed by atoms with Crippen LogP contribution in [-0.4, -0.2) is 60.2 Å². The fourth-order valence-corrected chi connectivity index (χ4v) is 1.54. The van der Waals surface area contributed by atoms with E-state index in [9.17, 15) is 9.90 Å². The number of hydrogen-bond acceptors (Lipinski definition) is 5. The number of amides is 1. The molecular weight excluding hydrogens is 248 g/mol. The summed E-state index contributed by atoms with van der Waals surface area (Å²) >= 11 is 0. The van der Waals surface area contributed by atoms with Gasteiger partial charge >= 0.3 is 0 Å². The van der Waals surface area contributed by atoms with E-state index in [1.807, 2.05) is 6.07 Å². The number of methoxy groups -OCH3 is 1. The van der Waals surface area contributed by atoms with Crippen molar-refractivity contribution in [3.63, 3.8) is 0 Å². The third-order valence-corrected chi connectivity index (χ3v) is 2.49. The number of hydrogen-bond donors (Lipinski definition) is 3. The molecule has 0 aliphatic rings. The van der Waals surface area contributed by atoms with Crippen LogP contribution in [0, 0.1) is 0 Å². The van der Waals surface area contributed by atoms with E-state index in [0.717, 1.165) is 0 Å². The number of carbonyl (C=O) groups excluding carboxylic acids is 1. The maximum Gasteiger partial charge on any atom is 0.221 e. The molecule has 1 aromatic heterocycles. The summed E-state index contributed by atoms with van der Waals surface area (Å²) in [6.45, 7) is 2.46. The number of aromatic nitrogens is 2. The highest BCUT2D eigenvalue weighted by Crippen LogP contribution is 1.90. The first kappa shape index (κ1) is 15.6. The molecule has 1 heterocycles. The lowest BCUT2D eigenvalue weighted by Crippen LogP contribution is -2.34. The Hall–Kier alpha value is -1.44. The maximum atomic E-state index is 11.3. The van der Waals surface area contributed by atoms with Crippen LogP contribution in [0.25, 0.3) is 0 Å². The van der Waals surface area contributed by atoms with Gasteiger partial charge in [-0.3, -0.25) is 9.48 Å². The Morgan fingerprint density at radius 3 is 3.05 bits per heavy atom. The van der Waals surface area contributed by atoms with E-state index >= 15 is 0 Å². The smallest absolute Gasteiger partial charge is 0.221 e. The van der Waals surface area contributed by atoms with Crippen LogP contribution >= 0.6 is 0 Å². The summed E-state index contributed by atoms with van der Waals surface area (Å²) in [5.74, 6) is -0.0221. The fourth-order valence-electron chi connectivity index (χ4n) is 1.54. The normalized spacial score (nSPS) is 12.3. The number of aliphatic hydroxyl groups excluding tert-OH is 1. The molecule has 0 fully saturated rings. The highest BCUT2D eigenvalue weighted by atomic mass is 16.5. The molecule has 0 aliphatic heterocycles. The van der Waals surface area contributed by atoms with Crippen molar-refractivity contribution in [2.75, 3.05) is 33.4 Å². The second kappa shape index (κ2) is 9.48. The molecule has 0 aromatic carbocycles. The van der Waals surface area contributed by atoms with Gasteiger partial charge in [-0.1, -0.05) is 0 Å². The molecule has 0 saturated heterocycles. The molecule has 1 aromatic rings. The first-order valence-corrected chi connectivity index (χ1v) is 6.34. The van der Waals surface area contributed by atoms with Crippen LogP contribution in [0.4, 0.5) is 0 Å². The number of carbonyl (C=O) groups is 1. The number of ether oxygens (including phenoxy) is 1. The molecule has 0 radical (unpaired) electrons. The molecule has 7 heteroatoms. The second-order valence-electron chi connectivity index (χ2n) is 4.18. The Kier molecular flexibility index (Phi) is 7.80. The van der Waals surface area contributed by atoms with Crippen LogP contribution in [0.3, 0.4) is 0 Å². The van der Waals surface area contributed by atoms with Crippen LogP contribution in [0.5, 0.6) is 0 Å². The number of nitrogens with one attached hydrogen (secondary N) is 2. The standard InChI is InChI=1S/C12H22N4O3/c1-19-8-6-14-12(18)3-5-13-9-11(17)10-16-7-2-4-15-16/h2,4,7,11,13,17H,3,5-6,8-10H2,1H3,(H,14,18). The molecule has 1 atom stereocenters. The van der Waals surface area contributed by atoms with E-state index in [1.54, 1.807) is 24.2 Å². The Labute approximate surface area is 112 Å². The predicted octanol–water partition coefficient (Wildman–Crippen LogP) is -1.01. The molecule has 0 bridgehead atoms. The third-order valence-electron chi connectivity index (χ3n) is 2.49. The first-order chi connectivity index (χ1) is 9.22. The monoisotopic (exact) mass is 270 g/mol. The average molecular weight is 270 g/mol. The van der Waals surface area contributed by atoms with Gasteiger partial charge in [0, 0.05) is 45.6 Å². The van der Waals surface area contributed by atoms with Gasteiger partial charge in [-0.25, -0.2) is 0 Å². The minimum atomic E-state index is -0.517. The zero-order chi connectivity index (χ0) is 13.9. The van der Waals surface area contributed by atoms with E-state index in [1.165, 1.54) is 0 Å².